The van der Waals surface area contributed by atoms with Gasteiger partial charge < -0.3 is 39.9 Å². The molecule has 0 radical (unpaired) electrons. The second-order valence-corrected chi connectivity index (χ2v) is 11.1. The van der Waals surface area contributed by atoms with Gasteiger partial charge in [0.05, 0.1) is 19.2 Å². The molecule has 3 aromatic rings. The minimum atomic E-state index is -0.978. The Morgan fingerprint density at radius 2 is 1.81 bits per heavy atom. The summed E-state index contributed by atoms with van der Waals surface area (Å²) in [6.07, 6.45) is 8.64. The summed E-state index contributed by atoms with van der Waals surface area (Å²) in [4.78, 5) is 32.7. The number of methoxy groups -OCH3 is 1. The number of anilines is 1. The lowest BCUT2D eigenvalue weighted by Crippen LogP contribution is -2.44. The molecule has 254 valence electrons. The third-order valence-electron chi connectivity index (χ3n) is 7.64. The van der Waals surface area contributed by atoms with E-state index in [1.54, 1.807) is 37.6 Å². The molecule has 1 saturated heterocycles. The summed E-state index contributed by atoms with van der Waals surface area (Å²) >= 11 is 0. The van der Waals surface area contributed by atoms with E-state index in [9.17, 15) is 18.4 Å². The third kappa shape index (κ3) is 10.8. The van der Waals surface area contributed by atoms with E-state index < -0.39 is 23.8 Å². The Hall–Kier alpha value is -4.55. The van der Waals surface area contributed by atoms with E-state index in [4.69, 9.17) is 19.9 Å². The molecule has 12 heteroatoms. The molecule has 1 aliphatic heterocycles. The van der Waals surface area contributed by atoms with Crippen LogP contribution >= 0.6 is 0 Å². The number of allylic oxidation sites excluding steroid dienone is 2. The lowest BCUT2D eigenvalue weighted by Gasteiger charge is -2.32. The first-order valence-electron chi connectivity index (χ1n) is 15.5. The van der Waals surface area contributed by atoms with Crippen molar-refractivity contribution in [2.45, 2.75) is 26.2 Å². The summed E-state index contributed by atoms with van der Waals surface area (Å²) in [5.41, 5.74) is 4.75. The van der Waals surface area contributed by atoms with Crippen molar-refractivity contribution >= 4 is 28.8 Å². The minimum Gasteiger partial charge on any atom is -0.493 e. The number of halogens is 2. The number of likely N-dealkylation sites (N-methyl/N-ethyl adjacent to an activating group) is 1. The average Bonchev–Trinajstić information content (AvgIpc) is 3.90. The van der Waals surface area contributed by atoms with Crippen molar-refractivity contribution in [3.63, 3.8) is 0 Å². The first-order valence-corrected chi connectivity index (χ1v) is 15.5. The molecule has 0 unspecified atom stereocenters. The standard InChI is InChI=1S/C29H33FN4O5.C3H5F.C3H7N/c1-33-11-13-34(14-12-33)10-3-15-38-27-18-23-21(17-26(27)37-2)24(6-9-31-23)39-25-5-4-20(16-22(25)30)32-28(36)29(19-35)7-8-29;2*1-2-3-4/h4-6,9,16-19H,3,7-8,10-15H2,1-2H3,(H,32,36);2H,1,3H2;2-3H,4H2,1H3/b;;3-2+. The summed E-state index contributed by atoms with van der Waals surface area (Å²) in [7, 11) is 3.71. The Labute approximate surface area is 275 Å². The summed E-state index contributed by atoms with van der Waals surface area (Å²) < 4.78 is 43.0. The molecule has 0 atom stereocenters. The number of rotatable bonds is 12. The molecule has 2 aromatic carbocycles. The van der Waals surface area contributed by atoms with Gasteiger partial charge in [-0.05, 0) is 63.7 Å². The molecule has 1 aromatic heterocycles. The number of nitrogens with zero attached hydrogens (tertiary/aromatic N) is 3. The van der Waals surface area contributed by atoms with Gasteiger partial charge in [0.15, 0.2) is 23.1 Å². The number of nitrogens with one attached hydrogen (secondary N) is 1. The van der Waals surface area contributed by atoms with Crippen molar-refractivity contribution in [3.05, 3.63) is 73.3 Å². The van der Waals surface area contributed by atoms with E-state index in [1.807, 2.05) is 6.92 Å². The number of alkyl halides is 1. The number of piperazine rings is 1. The van der Waals surface area contributed by atoms with Gasteiger partial charge >= 0.3 is 0 Å². The first kappa shape index (κ1) is 36.9. The summed E-state index contributed by atoms with van der Waals surface area (Å²) in [6, 6.07) is 9.36. The van der Waals surface area contributed by atoms with Crippen LogP contribution in [0.1, 0.15) is 26.2 Å². The lowest BCUT2D eigenvalue weighted by atomic mass is 10.1. The first-order chi connectivity index (χ1) is 22.7. The maximum absolute atomic E-state index is 14.9. The minimum absolute atomic E-state index is 0.0137. The quantitative estimate of drug-likeness (QED) is 0.109. The van der Waals surface area contributed by atoms with Gasteiger partial charge in [-0.1, -0.05) is 12.2 Å². The van der Waals surface area contributed by atoms with E-state index in [0.29, 0.717) is 53.9 Å². The van der Waals surface area contributed by atoms with Crippen LogP contribution in [-0.4, -0.2) is 87.1 Å². The van der Waals surface area contributed by atoms with Crippen LogP contribution in [0.25, 0.3) is 10.9 Å². The van der Waals surface area contributed by atoms with E-state index in [1.165, 1.54) is 30.5 Å². The van der Waals surface area contributed by atoms with E-state index in [0.717, 1.165) is 39.1 Å². The van der Waals surface area contributed by atoms with Crippen molar-refractivity contribution in [1.29, 1.82) is 0 Å². The van der Waals surface area contributed by atoms with Gasteiger partial charge in [0.2, 0.25) is 5.91 Å². The van der Waals surface area contributed by atoms with Crippen LogP contribution in [-0.2, 0) is 9.59 Å². The zero-order chi connectivity index (χ0) is 34.2. The molecule has 2 aliphatic rings. The van der Waals surface area contributed by atoms with Gasteiger partial charge in [-0.25, -0.2) is 8.78 Å². The topological polar surface area (TPSA) is 119 Å². The van der Waals surface area contributed by atoms with Crippen molar-refractivity contribution in [2.75, 3.05) is 65.5 Å². The summed E-state index contributed by atoms with van der Waals surface area (Å²) in [5, 5.41) is 3.25. The van der Waals surface area contributed by atoms with E-state index in [-0.39, 0.29) is 11.4 Å². The van der Waals surface area contributed by atoms with Crippen LogP contribution in [0.4, 0.5) is 14.5 Å². The molecular weight excluding hydrogens is 608 g/mol. The molecule has 0 bridgehead atoms. The van der Waals surface area contributed by atoms with Gasteiger partial charge in [-0.15, -0.1) is 6.58 Å². The number of carbonyl (C=O) groups excluding carboxylic acids is 2. The van der Waals surface area contributed by atoms with Gasteiger partial charge in [0.1, 0.15) is 24.1 Å². The zero-order valence-corrected chi connectivity index (χ0v) is 27.3. The molecule has 5 rings (SSSR count). The Morgan fingerprint density at radius 1 is 1.11 bits per heavy atom. The highest BCUT2D eigenvalue weighted by Crippen LogP contribution is 2.44. The monoisotopic (exact) mass is 653 g/mol. The Kier molecular flexibility index (Phi) is 14.6. The molecule has 10 nitrogen and oxygen atoms in total. The Bertz CT molecular complexity index is 1500. The SMILES string of the molecule is C/C=C/N.C=CCF.COc1cc2c(Oc3ccc(NC(=O)C4(C=O)CC4)cc3F)ccnc2cc1OCCCN1CCN(C)CC1. The van der Waals surface area contributed by atoms with Crippen LogP contribution in [0.3, 0.4) is 0 Å². The predicted molar refractivity (Wildman–Crippen MR) is 180 cm³/mol. The Balaban J connectivity index is 0.000000676. The summed E-state index contributed by atoms with van der Waals surface area (Å²) in [5.74, 6) is 0.426. The molecule has 1 saturated carbocycles. The van der Waals surface area contributed by atoms with Crippen molar-refractivity contribution in [2.24, 2.45) is 11.1 Å². The van der Waals surface area contributed by atoms with E-state index >= 15 is 0 Å². The molecule has 1 aliphatic carbocycles. The molecule has 2 fully saturated rings. The molecule has 0 spiro atoms. The van der Waals surface area contributed by atoms with Crippen molar-refractivity contribution in [3.8, 4) is 23.0 Å². The van der Waals surface area contributed by atoms with Gasteiger partial charge in [0, 0.05) is 62.1 Å². The highest BCUT2D eigenvalue weighted by Gasteiger charge is 2.50. The second-order valence-electron chi connectivity index (χ2n) is 11.1. The molecule has 1 amide bonds. The number of aldehydes is 1. The number of pyridine rings is 1. The number of fused-ring (bicyclic) bond motifs is 1. The number of amides is 1. The van der Waals surface area contributed by atoms with Gasteiger partial charge in [-0.2, -0.15) is 0 Å². The largest absolute Gasteiger partial charge is 0.493 e. The predicted octanol–water partition coefficient (Wildman–Crippen LogP) is 5.73. The maximum atomic E-state index is 14.9. The molecule has 2 heterocycles. The fourth-order valence-corrected chi connectivity index (χ4v) is 4.60. The van der Waals surface area contributed by atoms with Gasteiger partial charge in [-0.3, -0.25) is 9.78 Å². The number of hydrogen-bond donors (Lipinski definition) is 2. The number of hydrogen-bond acceptors (Lipinski definition) is 9. The van der Waals surface area contributed by atoms with Crippen LogP contribution in [0.2, 0.25) is 0 Å². The number of aromatic nitrogens is 1. The average molecular weight is 654 g/mol. The maximum Gasteiger partial charge on any atom is 0.237 e. The Morgan fingerprint density at radius 3 is 2.38 bits per heavy atom. The fourth-order valence-electron chi connectivity index (χ4n) is 4.60. The van der Waals surface area contributed by atoms with Crippen molar-refractivity contribution in [1.82, 2.24) is 14.8 Å². The van der Waals surface area contributed by atoms with Crippen LogP contribution in [0, 0.1) is 11.2 Å². The highest BCUT2D eigenvalue weighted by atomic mass is 19.1. The van der Waals surface area contributed by atoms with E-state index in [2.05, 4.69) is 33.7 Å². The summed E-state index contributed by atoms with van der Waals surface area (Å²) in [6.45, 7) is 10.4. The number of carbonyl (C=O) groups is 2. The zero-order valence-electron chi connectivity index (χ0n) is 27.3. The second kappa shape index (κ2) is 18.6. The van der Waals surface area contributed by atoms with Crippen molar-refractivity contribution < 1.29 is 32.6 Å². The smallest absolute Gasteiger partial charge is 0.237 e. The molecule has 47 heavy (non-hydrogen) atoms. The highest BCUT2D eigenvalue weighted by molar-refractivity contribution is 6.07. The van der Waals surface area contributed by atoms with Crippen LogP contribution in [0.5, 0.6) is 23.0 Å². The van der Waals surface area contributed by atoms with Crippen LogP contribution < -0.4 is 25.3 Å². The number of nitrogens with two attached hydrogens (primary N) is 1. The fraction of sp³-hybridized carbons (Fsp3) is 0.400. The third-order valence-corrected chi connectivity index (χ3v) is 7.64. The number of benzene rings is 2. The normalized spacial score (nSPS) is 15.4. The molecular formula is C35H45F2N5O5. The van der Waals surface area contributed by atoms with Crippen LogP contribution in [0.15, 0.2) is 67.5 Å². The van der Waals surface area contributed by atoms with Gasteiger partial charge in [0.25, 0.3) is 0 Å². The lowest BCUT2D eigenvalue weighted by molar-refractivity contribution is -0.126. The molecule has 3 N–H and O–H groups in total. The number of ether oxygens (including phenoxy) is 3.